The SMILES string of the molecule is CC.CC.CC.CC.CC.CC.CC.CC(C)=O.CC(C)=O.CC=O.CC=O.CC=O.CC=O.CC=O.CC=O.CC=O. The molecule has 0 saturated carbocycles. The predicted octanol–water partition coefficient (Wildman–Crippen LogP) is 9.81. The zero-order valence-electron chi connectivity index (χ0n) is 33.7. The van der Waals surface area contributed by atoms with E-state index in [1.807, 2.05) is 96.9 Å². The summed E-state index contributed by atoms with van der Waals surface area (Å²) < 4.78 is 0. The average Bonchev–Trinajstić information content (AvgIpc) is 2.99. The highest BCUT2D eigenvalue weighted by Crippen LogP contribution is 1.51. The Morgan fingerprint density at radius 3 is 0.256 bits per heavy atom. The van der Waals surface area contributed by atoms with Crippen LogP contribution in [0.2, 0.25) is 0 Å². The van der Waals surface area contributed by atoms with Crippen LogP contribution in [0.1, 0.15) is 173 Å². The molecule has 43 heavy (non-hydrogen) atoms. The van der Waals surface area contributed by atoms with Crippen molar-refractivity contribution in [1.82, 2.24) is 0 Å². The van der Waals surface area contributed by atoms with Crippen molar-refractivity contribution in [2.75, 3.05) is 0 Å². The minimum Gasteiger partial charge on any atom is -0.304 e. The molecule has 0 amide bonds. The fourth-order valence-corrected chi connectivity index (χ4v) is 0. The van der Waals surface area contributed by atoms with Gasteiger partial charge in [-0.2, -0.15) is 0 Å². The summed E-state index contributed by atoms with van der Waals surface area (Å²) in [6.07, 6.45) is 5.25. The normalized spacial score (nSPS) is 4.30. The predicted molar refractivity (Wildman–Crippen MR) is 194 cm³/mol. The Kier molecular flexibility index (Phi) is 1380. The van der Waals surface area contributed by atoms with Crippen molar-refractivity contribution in [3.63, 3.8) is 0 Å². The van der Waals surface area contributed by atoms with Gasteiger partial charge >= 0.3 is 0 Å². The Balaban J connectivity index is -0.0000000130. The van der Waals surface area contributed by atoms with E-state index in [2.05, 4.69) is 0 Å². The molecule has 0 aromatic carbocycles. The van der Waals surface area contributed by atoms with E-state index < -0.39 is 0 Å². The van der Waals surface area contributed by atoms with Crippen LogP contribution in [0.25, 0.3) is 0 Å². The molecule has 0 spiro atoms. The highest BCUT2D eigenvalue weighted by Gasteiger charge is 1.62. The molecule has 0 aromatic rings. The molecule has 9 heteroatoms. The van der Waals surface area contributed by atoms with Gasteiger partial charge in [0.15, 0.2) is 0 Å². The summed E-state index contributed by atoms with van der Waals surface area (Å²) >= 11 is 0. The lowest BCUT2D eigenvalue weighted by Gasteiger charge is -1.56. The quantitative estimate of drug-likeness (QED) is 0.237. The van der Waals surface area contributed by atoms with Crippen LogP contribution in [0.5, 0.6) is 0 Å². The fourth-order valence-electron chi connectivity index (χ4n) is 0. The van der Waals surface area contributed by atoms with Crippen molar-refractivity contribution >= 4 is 55.6 Å². The van der Waals surface area contributed by atoms with Crippen molar-refractivity contribution in [1.29, 1.82) is 0 Å². The lowest BCUT2D eigenvalue weighted by atomic mass is 10.6. The van der Waals surface area contributed by atoms with Gasteiger partial charge in [-0.3, -0.25) is 0 Å². The van der Waals surface area contributed by atoms with Crippen LogP contribution in [0, 0.1) is 0 Å². The van der Waals surface area contributed by atoms with Gasteiger partial charge in [-0.05, 0) is 76.2 Å². The number of aldehydes is 7. The van der Waals surface area contributed by atoms with E-state index in [-0.39, 0.29) is 11.6 Å². The van der Waals surface area contributed by atoms with Crippen molar-refractivity contribution in [3.8, 4) is 0 Å². The first-order valence-electron chi connectivity index (χ1n) is 15.1. The number of hydrogen-bond acceptors (Lipinski definition) is 9. The van der Waals surface area contributed by atoms with E-state index in [1.165, 1.54) is 76.2 Å². The van der Waals surface area contributed by atoms with Crippen LogP contribution in [-0.4, -0.2) is 55.6 Å². The fraction of sp³-hybridized carbons (Fsp3) is 0.735. The number of ketones is 2. The Morgan fingerprint density at radius 1 is 0.256 bits per heavy atom. The van der Waals surface area contributed by atoms with Gasteiger partial charge in [0, 0.05) is 0 Å². The van der Waals surface area contributed by atoms with Gasteiger partial charge in [-0.1, -0.05) is 96.9 Å². The van der Waals surface area contributed by atoms with Gasteiger partial charge in [-0.25, -0.2) is 0 Å². The smallest absolute Gasteiger partial charge is 0.126 e. The van der Waals surface area contributed by atoms with Crippen molar-refractivity contribution in [2.45, 2.75) is 173 Å². The van der Waals surface area contributed by atoms with Gasteiger partial charge in [0.2, 0.25) is 0 Å². The second-order valence-electron chi connectivity index (χ2n) is 3.47. The van der Waals surface area contributed by atoms with Crippen molar-refractivity contribution in [2.24, 2.45) is 0 Å². The summed E-state index contributed by atoms with van der Waals surface area (Å²) in [6, 6.07) is 0. The summed E-state index contributed by atoms with van der Waals surface area (Å²) in [7, 11) is 0. The van der Waals surface area contributed by atoms with Crippen LogP contribution in [0.15, 0.2) is 0 Å². The molecule has 0 unspecified atom stereocenters. The Morgan fingerprint density at radius 2 is 0.256 bits per heavy atom. The standard InChI is InChI=1S/2C3H6O.7C2H4O.7C2H6/c2*1-3(2)4;7*1-2-3;7*1-2/h2*1-2H3;7*2H,1H3;7*1-2H3. The molecule has 0 aliphatic heterocycles. The number of Topliss-reactive ketones (excluding diaryl/α,β-unsaturated/α-hetero) is 2. The van der Waals surface area contributed by atoms with Crippen LogP contribution in [0.4, 0.5) is 0 Å². The molecule has 9 nitrogen and oxygen atoms in total. The number of hydrogen-bond donors (Lipinski definition) is 0. The minimum absolute atomic E-state index is 0.167. The number of carbonyl (C=O) groups excluding carboxylic acids is 9. The van der Waals surface area contributed by atoms with Crippen LogP contribution >= 0.6 is 0 Å². The lowest BCUT2D eigenvalue weighted by Crippen LogP contribution is -1.69. The monoisotopic (exact) mass is 635 g/mol. The molecule has 0 heterocycles. The maximum atomic E-state index is 9.44. The first-order chi connectivity index (χ1) is 20.4. The first-order valence-corrected chi connectivity index (χ1v) is 15.1. The van der Waals surface area contributed by atoms with Crippen LogP contribution in [0.3, 0.4) is 0 Å². The van der Waals surface area contributed by atoms with Crippen molar-refractivity contribution < 1.29 is 43.2 Å². The van der Waals surface area contributed by atoms with Gasteiger partial charge in [0.05, 0.1) is 0 Å². The van der Waals surface area contributed by atoms with Crippen molar-refractivity contribution in [3.05, 3.63) is 0 Å². The van der Waals surface area contributed by atoms with E-state index in [4.69, 9.17) is 33.6 Å². The second kappa shape index (κ2) is 561. The van der Waals surface area contributed by atoms with E-state index in [0.717, 1.165) is 44.0 Å². The summed E-state index contributed by atoms with van der Waals surface area (Å²) in [4.78, 5) is 80.5. The molecule has 0 fully saturated rings. The number of carbonyl (C=O) groups is 9. The zero-order valence-corrected chi connectivity index (χ0v) is 33.7. The third-order valence-electron chi connectivity index (χ3n) is 0. The largest absolute Gasteiger partial charge is 0.304 e. The highest BCUT2D eigenvalue weighted by molar-refractivity contribution is 5.72. The third kappa shape index (κ3) is 6070. The molecular formula is C34H82O9. The third-order valence-corrected chi connectivity index (χ3v) is 0. The summed E-state index contributed by atoms with van der Waals surface area (Å²) in [5, 5.41) is 0. The minimum atomic E-state index is 0.167. The Hall–Kier alpha value is -2.97. The lowest BCUT2D eigenvalue weighted by molar-refractivity contribution is -0.115. The van der Waals surface area contributed by atoms with Crippen LogP contribution < -0.4 is 0 Å². The molecule has 0 rings (SSSR count). The molecule has 0 aliphatic rings. The molecule has 0 radical (unpaired) electrons. The summed E-state index contributed by atoms with van der Waals surface area (Å²) in [5.41, 5.74) is 0. The zero-order chi connectivity index (χ0) is 40.1. The Labute approximate surface area is 271 Å². The molecule has 0 atom stereocenters. The van der Waals surface area contributed by atoms with Gasteiger partial charge in [0.25, 0.3) is 0 Å². The molecule has 0 saturated heterocycles. The summed E-state index contributed by atoms with van der Waals surface area (Å²) in [5.74, 6) is 0.333. The topological polar surface area (TPSA) is 154 Å². The highest BCUT2D eigenvalue weighted by atomic mass is 16.1. The molecule has 272 valence electrons. The van der Waals surface area contributed by atoms with Gasteiger partial charge < -0.3 is 43.2 Å². The number of rotatable bonds is 0. The van der Waals surface area contributed by atoms with Gasteiger partial charge in [-0.15, -0.1) is 0 Å². The van der Waals surface area contributed by atoms with E-state index >= 15 is 0 Å². The maximum Gasteiger partial charge on any atom is 0.126 e. The molecule has 0 bridgehead atoms. The van der Waals surface area contributed by atoms with Crippen LogP contribution in [-0.2, 0) is 43.2 Å². The first kappa shape index (κ1) is 106. The molecule has 0 N–H and O–H groups in total. The molecule has 0 aliphatic carbocycles. The molecular weight excluding hydrogens is 552 g/mol. The summed E-state index contributed by atoms with van der Waals surface area (Å²) in [6.45, 7) is 44.2. The average molecular weight is 635 g/mol. The maximum absolute atomic E-state index is 9.44. The molecule has 0 aromatic heterocycles. The van der Waals surface area contributed by atoms with Gasteiger partial charge in [0.1, 0.15) is 55.6 Å². The second-order valence-corrected chi connectivity index (χ2v) is 3.47. The van der Waals surface area contributed by atoms with E-state index in [9.17, 15) is 9.59 Å². The van der Waals surface area contributed by atoms with E-state index in [1.54, 1.807) is 0 Å². The Bertz CT molecular complexity index is 264. The van der Waals surface area contributed by atoms with E-state index in [0.29, 0.717) is 0 Å².